The summed E-state index contributed by atoms with van der Waals surface area (Å²) in [7, 11) is 0. The number of para-hydroxylation sites is 1. The topological polar surface area (TPSA) is 85.6 Å². The lowest BCUT2D eigenvalue weighted by Gasteiger charge is -2.13. The van der Waals surface area contributed by atoms with Gasteiger partial charge in [0.05, 0.1) is 45.2 Å². The first-order valence-electron chi connectivity index (χ1n) is 10.6. The van der Waals surface area contributed by atoms with Gasteiger partial charge in [-0.2, -0.15) is 5.10 Å². The Balaban J connectivity index is 1.55. The molecule has 0 aliphatic carbocycles. The van der Waals surface area contributed by atoms with Gasteiger partial charge in [0.15, 0.2) is 5.16 Å². The molecule has 1 aromatic heterocycles. The maximum absolute atomic E-state index is 13.3. The number of hydrogen-bond acceptors (Lipinski definition) is 6. The summed E-state index contributed by atoms with van der Waals surface area (Å²) in [5.74, 6) is 0.346. The van der Waals surface area contributed by atoms with Crippen molar-refractivity contribution in [3.8, 4) is 11.4 Å². The maximum atomic E-state index is 13.3. The third-order valence-electron chi connectivity index (χ3n) is 4.83. The van der Waals surface area contributed by atoms with Crippen LogP contribution < -0.4 is 15.7 Å². The van der Waals surface area contributed by atoms with E-state index in [-0.39, 0.29) is 17.2 Å². The summed E-state index contributed by atoms with van der Waals surface area (Å²) >= 11 is 13.0. The fourth-order valence-corrected chi connectivity index (χ4v) is 4.34. The Morgan fingerprint density at radius 1 is 1.11 bits per heavy atom. The van der Waals surface area contributed by atoms with E-state index in [0.29, 0.717) is 49.7 Å². The van der Waals surface area contributed by atoms with Gasteiger partial charge in [-0.05, 0) is 61.0 Å². The van der Waals surface area contributed by atoms with Gasteiger partial charge in [-0.25, -0.2) is 10.4 Å². The van der Waals surface area contributed by atoms with Crippen molar-refractivity contribution in [3.63, 3.8) is 0 Å². The van der Waals surface area contributed by atoms with Crippen molar-refractivity contribution in [3.05, 3.63) is 92.7 Å². The zero-order valence-electron chi connectivity index (χ0n) is 18.6. The number of rotatable bonds is 8. The van der Waals surface area contributed by atoms with Gasteiger partial charge in [0.1, 0.15) is 5.75 Å². The first-order chi connectivity index (χ1) is 17.0. The molecular weight excluding hydrogens is 507 g/mol. The molecule has 178 valence electrons. The minimum absolute atomic E-state index is 0.000519. The van der Waals surface area contributed by atoms with Crippen LogP contribution in [0.5, 0.6) is 5.75 Å². The van der Waals surface area contributed by atoms with Gasteiger partial charge < -0.3 is 4.74 Å². The normalized spacial score (nSPS) is 11.2. The molecule has 4 rings (SSSR count). The van der Waals surface area contributed by atoms with Crippen LogP contribution in [0.15, 0.2) is 81.8 Å². The van der Waals surface area contributed by atoms with Gasteiger partial charge in [0.25, 0.3) is 11.5 Å². The molecule has 7 nitrogen and oxygen atoms in total. The van der Waals surface area contributed by atoms with Crippen LogP contribution in [0, 0.1) is 0 Å². The Hall–Kier alpha value is -3.33. The summed E-state index contributed by atoms with van der Waals surface area (Å²) in [6.07, 6.45) is 1.47. The Labute approximate surface area is 215 Å². The summed E-state index contributed by atoms with van der Waals surface area (Å²) in [6.45, 7) is 2.45. The third kappa shape index (κ3) is 6.03. The van der Waals surface area contributed by atoms with Gasteiger partial charge >= 0.3 is 0 Å². The number of hydrogen-bond donors (Lipinski definition) is 1. The largest absolute Gasteiger partial charge is 0.494 e. The molecule has 1 N–H and O–H groups in total. The van der Waals surface area contributed by atoms with E-state index in [1.54, 1.807) is 60.7 Å². The van der Waals surface area contributed by atoms with Crippen molar-refractivity contribution >= 4 is 58.0 Å². The van der Waals surface area contributed by atoms with E-state index in [9.17, 15) is 9.59 Å². The molecule has 0 aliphatic heterocycles. The molecular formula is C25H20Cl2N4O3S. The number of nitrogens with one attached hydrogen (secondary N) is 1. The van der Waals surface area contributed by atoms with Crippen LogP contribution in [0.2, 0.25) is 10.0 Å². The fraction of sp³-hybridized carbons (Fsp3) is 0.120. The summed E-state index contributed by atoms with van der Waals surface area (Å²) in [5, 5.41) is 5.67. The SMILES string of the molecule is CCOc1ccc(-n2c(SCC(=O)NN=Cc3ccc(Cl)c(Cl)c3)nc3ccccc3c2=O)cc1. The van der Waals surface area contributed by atoms with Gasteiger partial charge in [-0.3, -0.25) is 14.2 Å². The van der Waals surface area contributed by atoms with Crippen molar-refractivity contribution < 1.29 is 9.53 Å². The molecule has 0 fully saturated rings. The van der Waals surface area contributed by atoms with Crippen LogP contribution in [-0.2, 0) is 4.79 Å². The molecule has 0 atom stereocenters. The number of carbonyl (C=O) groups excluding carboxylic acids is 1. The number of halogens is 2. The third-order valence-corrected chi connectivity index (χ3v) is 6.51. The van der Waals surface area contributed by atoms with E-state index in [0.717, 1.165) is 11.8 Å². The average Bonchev–Trinajstić information content (AvgIpc) is 2.86. The molecule has 0 spiro atoms. The summed E-state index contributed by atoms with van der Waals surface area (Å²) < 4.78 is 6.99. The van der Waals surface area contributed by atoms with E-state index in [4.69, 9.17) is 27.9 Å². The highest BCUT2D eigenvalue weighted by Crippen LogP contribution is 2.23. The van der Waals surface area contributed by atoms with Gasteiger partial charge in [0.2, 0.25) is 0 Å². The number of nitrogens with zero attached hydrogens (tertiary/aromatic N) is 3. The molecule has 35 heavy (non-hydrogen) atoms. The summed E-state index contributed by atoms with van der Waals surface area (Å²) in [5.41, 5.74) is 4.11. The van der Waals surface area contributed by atoms with E-state index >= 15 is 0 Å². The van der Waals surface area contributed by atoms with Crippen LogP contribution in [0.25, 0.3) is 16.6 Å². The first-order valence-corrected chi connectivity index (χ1v) is 12.3. The maximum Gasteiger partial charge on any atom is 0.266 e. The Bertz CT molecular complexity index is 1460. The number of thioether (sulfide) groups is 1. The van der Waals surface area contributed by atoms with Crippen molar-refractivity contribution in [2.75, 3.05) is 12.4 Å². The van der Waals surface area contributed by atoms with Crippen molar-refractivity contribution in [2.45, 2.75) is 12.1 Å². The predicted octanol–water partition coefficient (Wildman–Crippen LogP) is 5.33. The molecule has 0 radical (unpaired) electrons. The minimum Gasteiger partial charge on any atom is -0.494 e. The quantitative estimate of drug-likeness (QED) is 0.145. The summed E-state index contributed by atoms with van der Waals surface area (Å²) in [6, 6.07) is 19.3. The lowest BCUT2D eigenvalue weighted by Crippen LogP contribution is -2.24. The number of carbonyl (C=O) groups is 1. The van der Waals surface area contributed by atoms with Crippen LogP contribution >= 0.6 is 35.0 Å². The minimum atomic E-state index is -0.355. The van der Waals surface area contributed by atoms with E-state index in [1.807, 2.05) is 13.0 Å². The first kappa shape index (κ1) is 24.8. The highest BCUT2D eigenvalue weighted by atomic mass is 35.5. The zero-order valence-corrected chi connectivity index (χ0v) is 20.9. The molecule has 1 amide bonds. The second-order valence-corrected chi connectivity index (χ2v) is 8.99. The Morgan fingerprint density at radius 2 is 1.89 bits per heavy atom. The monoisotopic (exact) mass is 526 g/mol. The molecule has 0 bridgehead atoms. The van der Waals surface area contributed by atoms with Gasteiger partial charge in [-0.15, -0.1) is 0 Å². The molecule has 1 heterocycles. The van der Waals surface area contributed by atoms with E-state index < -0.39 is 0 Å². The molecule has 0 saturated heterocycles. The molecule has 0 saturated carbocycles. The van der Waals surface area contributed by atoms with E-state index in [1.165, 1.54) is 10.8 Å². The second-order valence-electron chi connectivity index (χ2n) is 7.23. The number of hydrazone groups is 1. The molecule has 3 aromatic carbocycles. The highest BCUT2D eigenvalue weighted by Gasteiger charge is 2.15. The zero-order chi connectivity index (χ0) is 24.8. The second kappa shape index (κ2) is 11.4. The van der Waals surface area contributed by atoms with Crippen molar-refractivity contribution in [2.24, 2.45) is 5.10 Å². The standard InChI is InChI=1S/C25H20Cl2N4O3S/c1-2-34-18-10-8-17(9-11-18)31-24(33)19-5-3-4-6-22(19)29-25(31)35-15-23(32)30-28-14-16-7-12-20(26)21(27)13-16/h3-14H,2,15H2,1H3,(H,30,32). The van der Waals surface area contributed by atoms with Crippen LogP contribution in [0.4, 0.5) is 0 Å². The van der Waals surface area contributed by atoms with Gasteiger partial charge in [-0.1, -0.05) is 53.2 Å². The van der Waals surface area contributed by atoms with Crippen LogP contribution in [-0.4, -0.2) is 34.0 Å². The average molecular weight is 527 g/mol. The number of ether oxygens (including phenoxy) is 1. The molecule has 4 aromatic rings. The number of benzene rings is 3. The van der Waals surface area contributed by atoms with Crippen molar-refractivity contribution in [1.82, 2.24) is 15.0 Å². The molecule has 0 unspecified atom stereocenters. The fourth-order valence-electron chi connectivity index (χ4n) is 3.23. The molecule has 10 heteroatoms. The highest BCUT2D eigenvalue weighted by molar-refractivity contribution is 7.99. The Kier molecular flexibility index (Phi) is 8.07. The number of fused-ring (bicyclic) bond motifs is 1. The summed E-state index contributed by atoms with van der Waals surface area (Å²) in [4.78, 5) is 30.4. The van der Waals surface area contributed by atoms with Crippen LogP contribution in [0.3, 0.4) is 0 Å². The van der Waals surface area contributed by atoms with Crippen molar-refractivity contribution in [1.29, 1.82) is 0 Å². The smallest absolute Gasteiger partial charge is 0.266 e. The number of aromatic nitrogens is 2. The van der Waals surface area contributed by atoms with E-state index in [2.05, 4.69) is 15.5 Å². The Morgan fingerprint density at radius 3 is 2.63 bits per heavy atom. The lowest BCUT2D eigenvalue weighted by atomic mass is 10.2. The lowest BCUT2D eigenvalue weighted by molar-refractivity contribution is -0.118. The van der Waals surface area contributed by atoms with Crippen LogP contribution in [0.1, 0.15) is 12.5 Å². The van der Waals surface area contributed by atoms with Gasteiger partial charge in [0, 0.05) is 0 Å². The molecule has 0 aliphatic rings. The predicted molar refractivity (Wildman–Crippen MR) is 141 cm³/mol. The number of amides is 1.